The summed E-state index contributed by atoms with van der Waals surface area (Å²) in [6, 6.07) is 19.8. The predicted molar refractivity (Wildman–Crippen MR) is 113 cm³/mol. The molecule has 0 fully saturated rings. The second-order valence-electron chi connectivity index (χ2n) is 6.52. The van der Waals surface area contributed by atoms with Crippen LogP contribution in [-0.2, 0) is 6.54 Å². The number of hydrogen-bond donors (Lipinski definition) is 1. The van der Waals surface area contributed by atoms with Crippen molar-refractivity contribution in [3.63, 3.8) is 0 Å². The smallest absolute Gasteiger partial charge is 0.280 e. The molecule has 0 bridgehead atoms. The molecule has 28 heavy (non-hydrogen) atoms. The van der Waals surface area contributed by atoms with Crippen LogP contribution in [0.4, 0.5) is 4.39 Å². The van der Waals surface area contributed by atoms with Crippen molar-refractivity contribution in [1.82, 2.24) is 9.66 Å². The Hall–Kier alpha value is -2.99. The van der Waals surface area contributed by atoms with Crippen LogP contribution in [0.25, 0.3) is 22.3 Å². The van der Waals surface area contributed by atoms with E-state index < -0.39 is 0 Å². The van der Waals surface area contributed by atoms with E-state index in [1.54, 1.807) is 31.2 Å². The van der Waals surface area contributed by atoms with E-state index in [0.717, 1.165) is 10.0 Å². The quantitative estimate of drug-likeness (QED) is 0.487. The SMILES string of the molecule is Cc1cc(-c2nc3ccccc3c(=O)n2NCc2ccc(Br)cc2)ccc1F. The Morgan fingerprint density at radius 2 is 1.82 bits per heavy atom. The summed E-state index contributed by atoms with van der Waals surface area (Å²) in [5.74, 6) is 0.158. The van der Waals surface area contributed by atoms with Crippen molar-refractivity contribution >= 4 is 26.8 Å². The van der Waals surface area contributed by atoms with E-state index in [1.807, 2.05) is 36.4 Å². The first-order valence-electron chi connectivity index (χ1n) is 8.79. The molecule has 0 aliphatic carbocycles. The number of para-hydroxylation sites is 1. The Morgan fingerprint density at radius 3 is 2.57 bits per heavy atom. The molecule has 3 aromatic carbocycles. The first kappa shape index (κ1) is 18.4. The van der Waals surface area contributed by atoms with Crippen LogP contribution in [0.5, 0.6) is 0 Å². The third-order valence-electron chi connectivity index (χ3n) is 4.55. The lowest BCUT2D eigenvalue weighted by molar-refractivity contribution is 0.618. The molecule has 1 aromatic heterocycles. The van der Waals surface area contributed by atoms with E-state index >= 15 is 0 Å². The molecule has 4 aromatic rings. The lowest BCUT2D eigenvalue weighted by Crippen LogP contribution is -2.31. The first-order valence-corrected chi connectivity index (χ1v) is 9.59. The van der Waals surface area contributed by atoms with Crippen LogP contribution in [0.2, 0.25) is 0 Å². The van der Waals surface area contributed by atoms with Crippen molar-refractivity contribution < 1.29 is 4.39 Å². The second-order valence-corrected chi connectivity index (χ2v) is 7.43. The van der Waals surface area contributed by atoms with E-state index in [1.165, 1.54) is 10.7 Å². The maximum absolute atomic E-state index is 13.7. The highest BCUT2D eigenvalue weighted by Crippen LogP contribution is 2.21. The summed E-state index contributed by atoms with van der Waals surface area (Å²) in [6.07, 6.45) is 0. The van der Waals surface area contributed by atoms with Crippen molar-refractivity contribution in [3.8, 4) is 11.4 Å². The molecule has 6 heteroatoms. The highest BCUT2D eigenvalue weighted by Gasteiger charge is 2.14. The van der Waals surface area contributed by atoms with E-state index in [4.69, 9.17) is 0 Å². The summed E-state index contributed by atoms with van der Waals surface area (Å²) in [5, 5.41) is 0.522. The highest BCUT2D eigenvalue weighted by atomic mass is 79.9. The number of aryl methyl sites for hydroxylation is 1. The van der Waals surface area contributed by atoms with E-state index in [-0.39, 0.29) is 11.4 Å². The topological polar surface area (TPSA) is 46.9 Å². The maximum Gasteiger partial charge on any atom is 0.280 e. The average Bonchev–Trinajstić information content (AvgIpc) is 2.70. The van der Waals surface area contributed by atoms with Gasteiger partial charge in [0.15, 0.2) is 5.82 Å². The van der Waals surface area contributed by atoms with Crippen molar-refractivity contribution in [2.45, 2.75) is 13.5 Å². The number of fused-ring (bicyclic) bond motifs is 1. The summed E-state index contributed by atoms with van der Waals surface area (Å²) >= 11 is 3.42. The Balaban J connectivity index is 1.84. The molecule has 0 radical (unpaired) electrons. The van der Waals surface area contributed by atoms with Gasteiger partial charge in [-0.15, -0.1) is 0 Å². The van der Waals surface area contributed by atoms with Gasteiger partial charge in [0.05, 0.1) is 17.4 Å². The number of nitrogens with zero attached hydrogens (tertiary/aromatic N) is 2. The van der Waals surface area contributed by atoms with Gasteiger partial charge in [-0.3, -0.25) is 4.79 Å². The van der Waals surface area contributed by atoms with Crippen LogP contribution >= 0.6 is 15.9 Å². The lowest BCUT2D eigenvalue weighted by Gasteiger charge is -2.16. The fraction of sp³-hybridized carbons (Fsp3) is 0.0909. The largest absolute Gasteiger partial charge is 0.317 e. The Morgan fingerprint density at radius 1 is 1.07 bits per heavy atom. The van der Waals surface area contributed by atoms with Crippen LogP contribution < -0.4 is 11.0 Å². The number of benzene rings is 3. The van der Waals surface area contributed by atoms with Gasteiger partial charge in [0, 0.05) is 10.0 Å². The third-order valence-corrected chi connectivity index (χ3v) is 5.08. The fourth-order valence-corrected chi connectivity index (χ4v) is 3.29. The molecule has 140 valence electrons. The van der Waals surface area contributed by atoms with Gasteiger partial charge in [0.25, 0.3) is 5.56 Å². The molecule has 0 aliphatic rings. The van der Waals surface area contributed by atoms with E-state index in [9.17, 15) is 9.18 Å². The van der Waals surface area contributed by atoms with Gasteiger partial charge in [-0.2, -0.15) is 0 Å². The maximum atomic E-state index is 13.7. The molecule has 0 unspecified atom stereocenters. The third kappa shape index (κ3) is 3.55. The van der Waals surface area contributed by atoms with Gasteiger partial charge in [0.2, 0.25) is 0 Å². The van der Waals surface area contributed by atoms with Gasteiger partial charge in [-0.25, -0.2) is 14.1 Å². The van der Waals surface area contributed by atoms with Crippen molar-refractivity contribution in [3.05, 3.63) is 98.5 Å². The predicted octanol–water partition coefficient (Wildman–Crippen LogP) is 5.02. The Kier molecular flexibility index (Phi) is 4.96. The molecule has 4 nitrogen and oxygen atoms in total. The Bertz CT molecular complexity index is 1220. The second kappa shape index (κ2) is 7.56. The minimum absolute atomic E-state index is 0.195. The number of rotatable bonds is 4. The van der Waals surface area contributed by atoms with Crippen molar-refractivity contribution in [1.29, 1.82) is 0 Å². The normalized spacial score (nSPS) is 11.0. The molecule has 4 rings (SSSR count). The van der Waals surface area contributed by atoms with Crippen molar-refractivity contribution in [2.24, 2.45) is 0 Å². The highest BCUT2D eigenvalue weighted by molar-refractivity contribution is 9.10. The standard InChI is InChI=1S/C22H17BrFN3O/c1-14-12-16(8-11-19(14)24)21-26-20-5-3-2-4-18(20)22(28)27(21)25-13-15-6-9-17(23)10-7-15/h2-12,25H,13H2,1H3. The molecule has 0 spiro atoms. The zero-order valence-electron chi connectivity index (χ0n) is 15.1. The van der Waals surface area contributed by atoms with Crippen molar-refractivity contribution in [2.75, 3.05) is 5.43 Å². The fourth-order valence-electron chi connectivity index (χ4n) is 3.03. The summed E-state index contributed by atoms with van der Waals surface area (Å²) in [4.78, 5) is 17.8. The molecule has 1 N–H and O–H groups in total. The van der Waals surface area contributed by atoms with E-state index in [0.29, 0.717) is 34.4 Å². The summed E-state index contributed by atoms with van der Waals surface area (Å²) in [7, 11) is 0. The van der Waals surface area contributed by atoms with E-state index in [2.05, 4.69) is 26.3 Å². The summed E-state index contributed by atoms with van der Waals surface area (Å²) in [5.41, 5.74) is 5.77. The van der Waals surface area contributed by atoms with Crippen LogP contribution in [0.15, 0.2) is 76.0 Å². The van der Waals surface area contributed by atoms with Gasteiger partial charge < -0.3 is 5.43 Å². The minimum atomic E-state index is -0.291. The molecule has 0 aliphatic heterocycles. The van der Waals surface area contributed by atoms with Crippen LogP contribution in [0.1, 0.15) is 11.1 Å². The molecular formula is C22H17BrFN3O. The molecule has 0 saturated heterocycles. The monoisotopic (exact) mass is 437 g/mol. The van der Waals surface area contributed by atoms with Crippen LogP contribution in [0, 0.1) is 12.7 Å². The first-order chi connectivity index (χ1) is 13.5. The van der Waals surface area contributed by atoms with Gasteiger partial charge in [-0.1, -0.05) is 40.2 Å². The minimum Gasteiger partial charge on any atom is -0.317 e. The Labute approximate surface area is 169 Å². The average molecular weight is 438 g/mol. The number of nitrogens with one attached hydrogen (secondary N) is 1. The number of halogens is 2. The van der Waals surface area contributed by atoms with Gasteiger partial charge in [-0.05, 0) is 60.5 Å². The van der Waals surface area contributed by atoms with Crippen LogP contribution in [0.3, 0.4) is 0 Å². The zero-order chi connectivity index (χ0) is 19.7. The number of aromatic nitrogens is 2. The molecule has 0 amide bonds. The molecule has 1 heterocycles. The van der Waals surface area contributed by atoms with Gasteiger partial charge >= 0.3 is 0 Å². The van der Waals surface area contributed by atoms with Crippen LogP contribution in [-0.4, -0.2) is 9.66 Å². The molecule has 0 saturated carbocycles. The summed E-state index contributed by atoms with van der Waals surface area (Å²) in [6.45, 7) is 2.14. The summed E-state index contributed by atoms with van der Waals surface area (Å²) < 4.78 is 16.2. The molecule has 0 atom stereocenters. The lowest BCUT2D eigenvalue weighted by atomic mass is 10.1. The number of hydrogen-bond acceptors (Lipinski definition) is 3. The van der Waals surface area contributed by atoms with Gasteiger partial charge in [0.1, 0.15) is 5.82 Å². The molecular weight excluding hydrogens is 421 g/mol. The zero-order valence-corrected chi connectivity index (χ0v) is 16.7.